The van der Waals surface area contributed by atoms with Crippen molar-refractivity contribution in [1.82, 2.24) is 24.6 Å². The average molecular weight is 426 g/mol. The maximum Gasteiger partial charge on any atom is 0.264 e. The molecule has 1 fully saturated rings. The van der Waals surface area contributed by atoms with E-state index in [0.717, 1.165) is 38.3 Å². The second kappa shape index (κ2) is 7.72. The SMILES string of the molecule is CCN1CCN(C(c2ccc(Cl)c(Cl)c2)C2Sc3nc(C)nn3C2=O)CC1. The van der Waals surface area contributed by atoms with Gasteiger partial charge in [0.15, 0.2) is 5.16 Å². The number of piperazine rings is 1. The predicted octanol–water partition coefficient (Wildman–Crippen LogP) is 3.39. The molecular weight excluding hydrogens is 405 g/mol. The summed E-state index contributed by atoms with van der Waals surface area (Å²) in [5, 5.41) is 5.66. The Hall–Kier alpha value is -1.12. The molecule has 27 heavy (non-hydrogen) atoms. The number of fused-ring (bicyclic) bond motifs is 1. The summed E-state index contributed by atoms with van der Waals surface area (Å²) in [7, 11) is 0. The third-order valence-corrected chi connectivity index (χ3v) is 7.11. The Balaban J connectivity index is 1.67. The van der Waals surface area contributed by atoms with Crippen molar-refractivity contribution < 1.29 is 4.79 Å². The highest BCUT2D eigenvalue weighted by Crippen LogP contribution is 2.42. The molecule has 0 amide bonds. The minimum Gasteiger partial charge on any atom is -0.301 e. The van der Waals surface area contributed by atoms with E-state index >= 15 is 0 Å². The van der Waals surface area contributed by atoms with Crippen LogP contribution in [0.1, 0.15) is 29.1 Å². The highest BCUT2D eigenvalue weighted by atomic mass is 35.5. The van der Waals surface area contributed by atoms with Gasteiger partial charge in [0.25, 0.3) is 5.91 Å². The monoisotopic (exact) mass is 425 g/mol. The lowest BCUT2D eigenvalue weighted by Gasteiger charge is -2.40. The van der Waals surface area contributed by atoms with E-state index in [2.05, 4.69) is 26.8 Å². The highest BCUT2D eigenvalue weighted by Gasteiger charge is 2.43. The third-order valence-electron chi connectivity index (χ3n) is 5.19. The van der Waals surface area contributed by atoms with Gasteiger partial charge in [-0.15, -0.1) is 5.10 Å². The predicted molar refractivity (Wildman–Crippen MR) is 108 cm³/mol. The van der Waals surface area contributed by atoms with Crippen LogP contribution < -0.4 is 0 Å². The maximum atomic E-state index is 13.1. The van der Waals surface area contributed by atoms with E-state index in [-0.39, 0.29) is 17.2 Å². The summed E-state index contributed by atoms with van der Waals surface area (Å²) < 4.78 is 1.44. The first-order valence-electron chi connectivity index (χ1n) is 9.04. The third kappa shape index (κ3) is 3.63. The molecule has 3 heterocycles. The number of aromatic nitrogens is 3. The molecular formula is C18H21Cl2N5OS. The molecule has 0 saturated carbocycles. The van der Waals surface area contributed by atoms with Gasteiger partial charge in [0.1, 0.15) is 11.1 Å². The fourth-order valence-electron chi connectivity index (χ4n) is 3.73. The van der Waals surface area contributed by atoms with E-state index in [9.17, 15) is 4.79 Å². The summed E-state index contributed by atoms with van der Waals surface area (Å²) in [4.78, 5) is 22.3. The first-order valence-corrected chi connectivity index (χ1v) is 10.7. The fourth-order valence-corrected chi connectivity index (χ4v) is 5.34. The van der Waals surface area contributed by atoms with Crippen molar-refractivity contribution in [2.45, 2.75) is 30.3 Å². The summed E-state index contributed by atoms with van der Waals surface area (Å²) in [6.07, 6.45) is 0. The van der Waals surface area contributed by atoms with Crippen LogP contribution in [0, 0.1) is 6.92 Å². The Morgan fingerprint density at radius 1 is 1.22 bits per heavy atom. The number of halogens is 2. The number of benzene rings is 1. The zero-order chi connectivity index (χ0) is 19.1. The van der Waals surface area contributed by atoms with Crippen LogP contribution >= 0.6 is 35.0 Å². The zero-order valence-electron chi connectivity index (χ0n) is 15.2. The van der Waals surface area contributed by atoms with E-state index in [0.29, 0.717) is 21.0 Å². The number of hydrogen-bond donors (Lipinski definition) is 0. The molecule has 6 nitrogen and oxygen atoms in total. The van der Waals surface area contributed by atoms with Crippen molar-refractivity contribution in [2.24, 2.45) is 0 Å². The lowest BCUT2D eigenvalue weighted by Crippen LogP contribution is -2.50. The van der Waals surface area contributed by atoms with Gasteiger partial charge in [-0.3, -0.25) is 9.69 Å². The molecule has 4 rings (SSSR count). The largest absolute Gasteiger partial charge is 0.301 e. The normalized spacial score (nSPS) is 22.2. The Kier molecular flexibility index (Phi) is 5.49. The molecule has 0 spiro atoms. The van der Waals surface area contributed by atoms with Gasteiger partial charge in [-0.2, -0.15) is 4.68 Å². The lowest BCUT2D eigenvalue weighted by atomic mass is 10.00. The van der Waals surface area contributed by atoms with Crippen LogP contribution in [0.5, 0.6) is 0 Å². The summed E-state index contributed by atoms with van der Waals surface area (Å²) in [6.45, 7) is 8.80. The van der Waals surface area contributed by atoms with Crippen molar-refractivity contribution in [3.63, 3.8) is 0 Å². The molecule has 1 saturated heterocycles. The van der Waals surface area contributed by atoms with Crippen molar-refractivity contribution in [1.29, 1.82) is 0 Å². The van der Waals surface area contributed by atoms with Crippen LogP contribution in [0.15, 0.2) is 23.4 Å². The topological polar surface area (TPSA) is 54.3 Å². The molecule has 9 heteroatoms. The van der Waals surface area contributed by atoms with Gasteiger partial charge in [-0.1, -0.05) is 48.0 Å². The molecule has 0 radical (unpaired) electrons. The highest BCUT2D eigenvalue weighted by molar-refractivity contribution is 8.00. The molecule has 2 unspecified atom stereocenters. The van der Waals surface area contributed by atoms with Crippen LogP contribution in [0.3, 0.4) is 0 Å². The summed E-state index contributed by atoms with van der Waals surface area (Å²) >= 11 is 13.9. The first-order chi connectivity index (χ1) is 13.0. The van der Waals surface area contributed by atoms with Crippen molar-refractivity contribution in [3.05, 3.63) is 39.6 Å². The standard InChI is InChI=1S/C18H21Cl2N5OS/c1-3-23-6-8-24(9-7-23)15(12-4-5-13(19)14(20)10-12)16-17(26)25-18(27-16)21-11(2)22-25/h4-5,10,15-16H,3,6-9H2,1-2H3. The van der Waals surface area contributed by atoms with E-state index < -0.39 is 0 Å². The molecule has 2 aliphatic rings. The number of aryl methyl sites for hydroxylation is 1. The Labute approximate surface area is 172 Å². The lowest BCUT2D eigenvalue weighted by molar-refractivity contribution is 0.0739. The second-order valence-corrected chi connectivity index (χ2v) is 8.74. The van der Waals surface area contributed by atoms with Gasteiger partial charge in [-0.05, 0) is 31.2 Å². The van der Waals surface area contributed by atoms with Crippen LogP contribution in [0.2, 0.25) is 10.0 Å². The number of hydrogen-bond acceptors (Lipinski definition) is 6. The molecule has 2 atom stereocenters. The van der Waals surface area contributed by atoms with Gasteiger partial charge in [-0.25, -0.2) is 4.98 Å². The number of carbonyl (C=O) groups excluding carboxylic acids is 1. The fraction of sp³-hybridized carbons (Fsp3) is 0.500. The molecule has 2 aromatic rings. The van der Waals surface area contributed by atoms with Crippen LogP contribution in [-0.4, -0.2) is 68.4 Å². The number of nitrogens with zero attached hydrogens (tertiary/aromatic N) is 5. The molecule has 0 aliphatic carbocycles. The Bertz CT molecular complexity index is 865. The van der Waals surface area contributed by atoms with Crippen LogP contribution in [0.25, 0.3) is 0 Å². The number of likely N-dealkylation sites (N-methyl/N-ethyl adjacent to an activating group) is 1. The average Bonchev–Trinajstić information content (AvgIpc) is 3.16. The molecule has 0 bridgehead atoms. The van der Waals surface area contributed by atoms with Gasteiger partial charge in [0.05, 0.1) is 16.1 Å². The van der Waals surface area contributed by atoms with Gasteiger partial charge in [0.2, 0.25) is 0 Å². The smallest absolute Gasteiger partial charge is 0.264 e. The number of carbonyl (C=O) groups is 1. The van der Waals surface area contributed by atoms with Crippen LogP contribution in [-0.2, 0) is 0 Å². The second-order valence-electron chi connectivity index (χ2n) is 6.82. The molecule has 1 aromatic heterocycles. The van der Waals surface area contributed by atoms with E-state index in [4.69, 9.17) is 23.2 Å². The van der Waals surface area contributed by atoms with E-state index in [1.807, 2.05) is 12.1 Å². The maximum absolute atomic E-state index is 13.1. The van der Waals surface area contributed by atoms with Gasteiger partial charge >= 0.3 is 0 Å². The number of thioether (sulfide) groups is 1. The van der Waals surface area contributed by atoms with Crippen molar-refractivity contribution >= 4 is 40.9 Å². The minimum absolute atomic E-state index is 0.0235. The first kappa shape index (κ1) is 19.2. The molecule has 144 valence electrons. The van der Waals surface area contributed by atoms with E-state index in [1.165, 1.54) is 16.4 Å². The summed E-state index contributed by atoms with van der Waals surface area (Å²) in [6, 6.07) is 5.56. The molecule has 2 aliphatic heterocycles. The molecule has 1 aromatic carbocycles. The van der Waals surface area contributed by atoms with Crippen LogP contribution in [0.4, 0.5) is 0 Å². The van der Waals surface area contributed by atoms with Gasteiger partial charge in [0, 0.05) is 26.2 Å². The van der Waals surface area contributed by atoms with Crippen molar-refractivity contribution in [2.75, 3.05) is 32.7 Å². The zero-order valence-corrected chi connectivity index (χ0v) is 17.6. The Morgan fingerprint density at radius 2 is 1.96 bits per heavy atom. The summed E-state index contributed by atoms with van der Waals surface area (Å²) in [5.74, 6) is 0.594. The van der Waals surface area contributed by atoms with E-state index in [1.54, 1.807) is 13.0 Å². The quantitative estimate of drug-likeness (QED) is 0.747. The van der Waals surface area contributed by atoms with Crippen molar-refractivity contribution in [3.8, 4) is 0 Å². The molecule has 0 N–H and O–H groups in total. The minimum atomic E-state index is -0.300. The summed E-state index contributed by atoms with van der Waals surface area (Å²) in [5.41, 5.74) is 1.00. The number of rotatable bonds is 4. The Morgan fingerprint density at radius 3 is 2.59 bits per heavy atom. The van der Waals surface area contributed by atoms with Gasteiger partial charge < -0.3 is 4.90 Å².